The molecular formula is C14H17NO4. The predicted molar refractivity (Wildman–Crippen MR) is 69.9 cm³/mol. The molecule has 1 atom stereocenters. The van der Waals surface area contributed by atoms with E-state index in [0.29, 0.717) is 13.0 Å². The van der Waals surface area contributed by atoms with Crippen LogP contribution in [0.5, 0.6) is 0 Å². The molecule has 0 spiro atoms. The van der Waals surface area contributed by atoms with Crippen LogP contribution in [-0.2, 0) is 14.3 Å². The summed E-state index contributed by atoms with van der Waals surface area (Å²) in [4.78, 5) is 25.2. The average molecular weight is 263 g/mol. The second-order valence-electron chi connectivity index (χ2n) is 4.26. The smallest absolute Gasteiger partial charge is 0.435 e. The monoisotopic (exact) mass is 263 g/mol. The minimum absolute atomic E-state index is 0.189. The van der Waals surface area contributed by atoms with E-state index in [9.17, 15) is 9.59 Å². The molecule has 0 aliphatic carbocycles. The zero-order chi connectivity index (χ0) is 13.7. The van der Waals surface area contributed by atoms with E-state index in [1.54, 1.807) is 11.8 Å². The van der Waals surface area contributed by atoms with Crippen molar-refractivity contribution in [3.63, 3.8) is 0 Å². The van der Waals surface area contributed by atoms with Gasteiger partial charge in [-0.1, -0.05) is 18.2 Å². The highest BCUT2D eigenvalue weighted by molar-refractivity contribution is 5.98. The molecule has 0 saturated carbocycles. The van der Waals surface area contributed by atoms with Gasteiger partial charge in [0.2, 0.25) is 0 Å². The van der Waals surface area contributed by atoms with Crippen molar-refractivity contribution in [3.05, 3.63) is 30.3 Å². The number of rotatable bonds is 3. The first-order valence-corrected chi connectivity index (χ1v) is 6.42. The number of anilines is 1. The van der Waals surface area contributed by atoms with Crippen LogP contribution in [0.25, 0.3) is 0 Å². The maximum absolute atomic E-state index is 12.3. The van der Waals surface area contributed by atoms with Gasteiger partial charge in [0.05, 0.1) is 6.61 Å². The first kappa shape index (κ1) is 13.4. The van der Waals surface area contributed by atoms with E-state index >= 15 is 0 Å². The Kier molecular flexibility index (Phi) is 4.39. The molecule has 0 bridgehead atoms. The van der Waals surface area contributed by atoms with E-state index in [-0.39, 0.29) is 12.5 Å². The lowest BCUT2D eigenvalue weighted by Crippen LogP contribution is -2.46. The number of carbonyl (C=O) groups is 2. The number of ether oxygens (including phenoxy) is 2. The molecule has 19 heavy (non-hydrogen) atoms. The Bertz CT molecular complexity index is 446. The average Bonchev–Trinajstić information content (AvgIpc) is 2.42. The molecule has 1 aliphatic heterocycles. The van der Waals surface area contributed by atoms with Crippen LogP contribution in [0.4, 0.5) is 10.5 Å². The molecule has 1 saturated heterocycles. The third-order valence-electron chi connectivity index (χ3n) is 2.96. The molecule has 1 aromatic carbocycles. The van der Waals surface area contributed by atoms with Crippen molar-refractivity contribution in [3.8, 4) is 0 Å². The number of benzene rings is 1. The Labute approximate surface area is 112 Å². The standard InChI is InChI=1S/C14H17NO4/c1-2-18-14(17)19-12-9-6-10-15(13(12)16)11-7-4-3-5-8-11/h3-5,7-8,12H,2,6,9-10H2,1H3. The maximum atomic E-state index is 12.3. The first-order valence-electron chi connectivity index (χ1n) is 6.42. The molecule has 5 nitrogen and oxygen atoms in total. The molecule has 1 unspecified atom stereocenters. The summed E-state index contributed by atoms with van der Waals surface area (Å²) >= 11 is 0. The molecule has 0 N–H and O–H groups in total. The summed E-state index contributed by atoms with van der Waals surface area (Å²) in [5, 5.41) is 0. The Morgan fingerprint density at radius 2 is 2.11 bits per heavy atom. The molecule has 1 amide bonds. The Morgan fingerprint density at radius 1 is 1.37 bits per heavy atom. The maximum Gasteiger partial charge on any atom is 0.509 e. The van der Waals surface area contributed by atoms with Gasteiger partial charge in [0.25, 0.3) is 5.91 Å². The number of amides is 1. The summed E-state index contributed by atoms with van der Waals surface area (Å²) in [6.07, 6.45) is -0.185. The SMILES string of the molecule is CCOC(=O)OC1CCCN(c2ccccc2)C1=O. The summed E-state index contributed by atoms with van der Waals surface area (Å²) in [5.41, 5.74) is 0.824. The van der Waals surface area contributed by atoms with Crippen LogP contribution < -0.4 is 4.90 Å². The van der Waals surface area contributed by atoms with Gasteiger partial charge in [-0.2, -0.15) is 0 Å². The second kappa shape index (κ2) is 6.22. The number of piperidine rings is 1. The number of para-hydroxylation sites is 1. The highest BCUT2D eigenvalue weighted by Gasteiger charge is 2.32. The van der Waals surface area contributed by atoms with Crippen LogP contribution in [0, 0.1) is 0 Å². The minimum atomic E-state index is -0.782. The summed E-state index contributed by atoms with van der Waals surface area (Å²) in [6.45, 7) is 2.58. The summed E-state index contributed by atoms with van der Waals surface area (Å²) in [6, 6.07) is 9.37. The van der Waals surface area contributed by atoms with Gasteiger partial charge in [-0.15, -0.1) is 0 Å². The number of nitrogens with zero attached hydrogens (tertiary/aromatic N) is 1. The minimum Gasteiger partial charge on any atom is -0.435 e. The molecule has 1 aliphatic rings. The first-order chi connectivity index (χ1) is 9.22. The Balaban J connectivity index is 2.04. The number of hydrogen-bond donors (Lipinski definition) is 0. The van der Waals surface area contributed by atoms with Gasteiger partial charge in [0.15, 0.2) is 6.10 Å². The fourth-order valence-electron chi connectivity index (χ4n) is 2.08. The Morgan fingerprint density at radius 3 is 2.79 bits per heavy atom. The lowest BCUT2D eigenvalue weighted by atomic mass is 10.1. The molecule has 102 valence electrons. The topological polar surface area (TPSA) is 55.8 Å². The lowest BCUT2D eigenvalue weighted by molar-refractivity contribution is -0.130. The van der Waals surface area contributed by atoms with Crippen LogP contribution in [0.15, 0.2) is 30.3 Å². The van der Waals surface area contributed by atoms with Crippen molar-refractivity contribution in [2.45, 2.75) is 25.9 Å². The number of hydrogen-bond acceptors (Lipinski definition) is 4. The van der Waals surface area contributed by atoms with Gasteiger partial charge in [-0.3, -0.25) is 4.79 Å². The zero-order valence-electron chi connectivity index (χ0n) is 10.9. The summed E-state index contributed by atoms with van der Waals surface area (Å²) in [7, 11) is 0. The molecule has 1 fully saturated rings. The van der Waals surface area contributed by atoms with Gasteiger partial charge in [-0.05, 0) is 31.9 Å². The predicted octanol–water partition coefficient (Wildman–Crippen LogP) is 2.36. The van der Waals surface area contributed by atoms with Crippen LogP contribution in [0.3, 0.4) is 0 Å². The van der Waals surface area contributed by atoms with Crippen molar-refractivity contribution < 1.29 is 19.1 Å². The summed E-state index contributed by atoms with van der Waals surface area (Å²) < 4.78 is 9.75. The van der Waals surface area contributed by atoms with Gasteiger partial charge in [-0.25, -0.2) is 4.79 Å². The molecular weight excluding hydrogens is 246 g/mol. The molecule has 2 rings (SSSR count). The van der Waals surface area contributed by atoms with Crippen LogP contribution in [-0.4, -0.2) is 31.3 Å². The van der Waals surface area contributed by atoms with Crippen LogP contribution in [0.1, 0.15) is 19.8 Å². The number of carbonyl (C=O) groups excluding carboxylic acids is 2. The van der Waals surface area contributed by atoms with E-state index in [1.165, 1.54) is 0 Å². The van der Waals surface area contributed by atoms with Crippen molar-refractivity contribution >= 4 is 17.7 Å². The van der Waals surface area contributed by atoms with Gasteiger partial charge in [0, 0.05) is 12.2 Å². The Hall–Kier alpha value is -2.04. The van der Waals surface area contributed by atoms with Crippen molar-refractivity contribution in [1.29, 1.82) is 0 Å². The third-order valence-corrected chi connectivity index (χ3v) is 2.96. The van der Waals surface area contributed by atoms with Crippen molar-refractivity contribution in [2.75, 3.05) is 18.1 Å². The van der Waals surface area contributed by atoms with Crippen LogP contribution in [0.2, 0.25) is 0 Å². The highest BCUT2D eigenvalue weighted by atomic mass is 16.7. The zero-order valence-corrected chi connectivity index (χ0v) is 10.9. The van der Waals surface area contributed by atoms with E-state index in [1.807, 2.05) is 30.3 Å². The second-order valence-corrected chi connectivity index (χ2v) is 4.26. The van der Waals surface area contributed by atoms with Crippen molar-refractivity contribution in [2.24, 2.45) is 0 Å². The quantitative estimate of drug-likeness (QED) is 0.785. The fraction of sp³-hybridized carbons (Fsp3) is 0.429. The van der Waals surface area contributed by atoms with E-state index in [0.717, 1.165) is 12.1 Å². The normalized spacial score (nSPS) is 19.1. The van der Waals surface area contributed by atoms with E-state index < -0.39 is 12.3 Å². The van der Waals surface area contributed by atoms with Gasteiger partial charge < -0.3 is 14.4 Å². The van der Waals surface area contributed by atoms with Gasteiger partial charge in [0.1, 0.15) is 0 Å². The molecule has 1 heterocycles. The third kappa shape index (κ3) is 3.24. The molecule has 1 aromatic rings. The summed E-state index contributed by atoms with van der Waals surface area (Å²) in [5.74, 6) is -0.189. The lowest BCUT2D eigenvalue weighted by Gasteiger charge is -2.31. The molecule has 0 aromatic heterocycles. The molecule has 0 radical (unpaired) electrons. The van der Waals surface area contributed by atoms with Gasteiger partial charge >= 0.3 is 6.16 Å². The highest BCUT2D eigenvalue weighted by Crippen LogP contribution is 2.22. The largest absolute Gasteiger partial charge is 0.509 e. The van der Waals surface area contributed by atoms with E-state index in [2.05, 4.69) is 0 Å². The van der Waals surface area contributed by atoms with E-state index in [4.69, 9.17) is 9.47 Å². The molecule has 5 heteroatoms. The van der Waals surface area contributed by atoms with Crippen LogP contribution >= 0.6 is 0 Å². The van der Waals surface area contributed by atoms with Crippen molar-refractivity contribution in [1.82, 2.24) is 0 Å². The fourth-order valence-corrected chi connectivity index (χ4v) is 2.08.